The molecule has 0 saturated heterocycles. The molecule has 0 radical (unpaired) electrons. The average Bonchev–Trinajstić information content (AvgIpc) is 2.12. The summed E-state index contributed by atoms with van der Waals surface area (Å²) < 4.78 is 0. The topological polar surface area (TPSA) is 20.3 Å². The fraction of sp³-hybridized carbons (Fsp3) is 0.500. The zero-order valence-corrected chi connectivity index (χ0v) is 7.34. The van der Waals surface area contributed by atoms with Gasteiger partial charge in [-0.3, -0.25) is 4.79 Å². The summed E-state index contributed by atoms with van der Waals surface area (Å²) in [5, 5.41) is 0. The third-order valence-electron chi connectivity index (χ3n) is 2.63. The van der Waals surface area contributed by atoms with E-state index in [9.17, 15) is 4.79 Å². The first kappa shape index (κ1) is 7.59. The molecule has 0 aromatic rings. The van der Waals surface area contributed by atoms with E-state index in [0.29, 0.717) is 6.42 Å². The van der Waals surface area contributed by atoms with Crippen molar-refractivity contribution in [3.8, 4) is 0 Å². The van der Waals surface area contributed by atoms with Gasteiger partial charge in [0.1, 0.15) is 0 Å². The zero-order valence-electron chi connectivity index (χ0n) is 7.34. The van der Waals surface area contributed by atoms with E-state index in [1.54, 1.807) is 4.90 Å². The molecule has 2 heteroatoms. The van der Waals surface area contributed by atoms with Crippen molar-refractivity contribution in [1.29, 1.82) is 0 Å². The van der Waals surface area contributed by atoms with Crippen molar-refractivity contribution in [1.82, 2.24) is 4.90 Å². The molecule has 1 aliphatic heterocycles. The first-order valence-electron chi connectivity index (χ1n) is 4.44. The summed E-state index contributed by atoms with van der Waals surface area (Å²) in [5.41, 5.74) is 2.61. The normalized spacial score (nSPS) is 23.1. The van der Waals surface area contributed by atoms with Gasteiger partial charge in [0.2, 0.25) is 5.91 Å². The third-order valence-corrected chi connectivity index (χ3v) is 2.63. The first-order chi connectivity index (χ1) is 5.79. The van der Waals surface area contributed by atoms with Crippen LogP contribution in [0.2, 0.25) is 0 Å². The Hall–Kier alpha value is -1.05. The summed E-state index contributed by atoms with van der Waals surface area (Å²) >= 11 is 0. The van der Waals surface area contributed by atoms with E-state index in [1.165, 1.54) is 5.57 Å². The van der Waals surface area contributed by atoms with E-state index >= 15 is 0 Å². The van der Waals surface area contributed by atoms with Crippen molar-refractivity contribution in [3.63, 3.8) is 0 Å². The highest BCUT2D eigenvalue weighted by Gasteiger charge is 2.22. The van der Waals surface area contributed by atoms with Crippen molar-refractivity contribution >= 4 is 5.91 Å². The van der Waals surface area contributed by atoms with Gasteiger partial charge in [0, 0.05) is 19.2 Å². The number of carbonyl (C=O) groups excluding carboxylic acids is 1. The molecule has 0 unspecified atom stereocenters. The second kappa shape index (κ2) is 2.77. The van der Waals surface area contributed by atoms with Gasteiger partial charge < -0.3 is 4.90 Å². The Labute approximate surface area is 72.6 Å². The van der Waals surface area contributed by atoms with Crippen LogP contribution in [0.4, 0.5) is 0 Å². The standard InChI is InChI=1S/C10H13NO/c1-11-9-5-3-2-4-8(9)6-7-10(11)12/h3,5H,2,4,6-7H2,1H3. The van der Waals surface area contributed by atoms with Gasteiger partial charge in [-0.25, -0.2) is 0 Å². The molecule has 0 aromatic carbocycles. The van der Waals surface area contributed by atoms with E-state index < -0.39 is 0 Å². The van der Waals surface area contributed by atoms with Crippen LogP contribution in [0.5, 0.6) is 0 Å². The van der Waals surface area contributed by atoms with Gasteiger partial charge in [0.15, 0.2) is 0 Å². The second-order valence-corrected chi connectivity index (χ2v) is 3.38. The van der Waals surface area contributed by atoms with E-state index in [4.69, 9.17) is 0 Å². The molecule has 2 rings (SSSR count). The molecule has 0 aromatic heterocycles. The van der Waals surface area contributed by atoms with E-state index in [-0.39, 0.29) is 5.91 Å². The molecule has 1 aliphatic carbocycles. The maximum Gasteiger partial charge on any atom is 0.227 e. The van der Waals surface area contributed by atoms with Gasteiger partial charge in [-0.1, -0.05) is 6.08 Å². The molecule has 2 aliphatic rings. The molecule has 1 amide bonds. The van der Waals surface area contributed by atoms with Crippen LogP contribution in [0.3, 0.4) is 0 Å². The van der Waals surface area contributed by atoms with Crippen molar-refractivity contribution in [2.24, 2.45) is 0 Å². The summed E-state index contributed by atoms with van der Waals surface area (Å²) in [5.74, 6) is 0.250. The van der Waals surface area contributed by atoms with Crippen LogP contribution in [0.1, 0.15) is 25.7 Å². The zero-order chi connectivity index (χ0) is 8.55. The molecule has 0 bridgehead atoms. The number of rotatable bonds is 0. The van der Waals surface area contributed by atoms with Crippen LogP contribution >= 0.6 is 0 Å². The van der Waals surface area contributed by atoms with Gasteiger partial charge in [0.25, 0.3) is 0 Å². The largest absolute Gasteiger partial charge is 0.316 e. The van der Waals surface area contributed by atoms with E-state index in [0.717, 1.165) is 25.0 Å². The van der Waals surface area contributed by atoms with Crippen molar-refractivity contribution in [2.45, 2.75) is 25.7 Å². The molecule has 0 fully saturated rings. The maximum absolute atomic E-state index is 11.3. The minimum Gasteiger partial charge on any atom is -0.316 e. The van der Waals surface area contributed by atoms with Crippen molar-refractivity contribution < 1.29 is 4.79 Å². The van der Waals surface area contributed by atoms with Crippen LogP contribution < -0.4 is 0 Å². The number of hydrogen-bond acceptors (Lipinski definition) is 1. The third kappa shape index (κ3) is 1.07. The van der Waals surface area contributed by atoms with Gasteiger partial charge in [-0.2, -0.15) is 0 Å². The van der Waals surface area contributed by atoms with Crippen LogP contribution in [0.15, 0.2) is 23.4 Å². The Morgan fingerprint density at radius 2 is 2.17 bits per heavy atom. The number of hydrogen-bond donors (Lipinski definition) is 0. The number of likely N-dealkylation sites (N-methyl/N-ethyl adjacent to an activating group) is 1. The summed E-state index contributed by atoms with van der Waals surface area (Å²) in [6.45, 7) is 0. The molecule has 2 nitrogen and oxygen atoms in total. The Kier molecular flexibility index (Phi) is 1.75. The van der Waals surface area contributed by atoms with Crippen molar-refractivity contribution in [2.75, 3.05) is 7.05 Å². The van der Waals surface area contributed by atoms with Crippen LogP contribution in [0.25, 0.3) is 0 Å². The van der Waals surface area contributed by atoms with Crippen LogP contribution in [0, 0.1) is 0 Å². The number of nitrogens with zero attached hydrogens (tertiary/aromatic N) is 1. The predicted octanol–water partition coefficient (Wildman–Crippen LogP) is 1.84. The molecule has 12 heavy (non-hydrogen) atoms. The summed E-state index contributed by atoms with van der Waals surface area (Å²) in [4.78, 5) is 13.1. The fourth-order valence-electron chi connectivity index (χ4n) is 1.86. The van der Waals surface area contributed by atoms with Crippen LogP contribution in [-0.2, 0) is 4.79 Å². The average molecular weight is 163 g/mol. The monoisotopic (exact) mass is 163 g/mol. The van der Waals surface area contributed by atoms with Gasteiger partial charge >= 0.3 is 0 Å². The Bertz CT molecular complexity index is 276. The molecule has 0 atom stereocenters. The Morgan fingerprint density at radius 1 is 1.33 bits per heavy atom. The quantitative estimate of drug-likeness (QED) is 0.533. The number of allylic oxidation sites excluding steroid dienone is 3. The molecule has 64 valence electrons. The SMILES string of the molecule is CN1C(=O)CCC2=C1C=CCC2. The lowest BCUT2D eigenvalue weighted by molar-refractivity contribution is -0.128. The minimum atomic E-state index is 0.250. The molecular formula is C10H13NO. The highest BCUT2D eigenvalue weighted by molar-refractivity contribution is 5.80. The van der Waals surface area contributed by atoms with E-state index in [1.807, 2.05) is 7.05 Å². The molecular weight excluding hydrogens is 150 g/mol. The van der Waals surface area contributed by atoms with Crippen LogP contribution in [-0.4, -0.2) is 17.9 Å². The van der Waals surface area contributed by atoms with Gasteiger partial charge in [-0.15, -0.1) is 0 Å². The molecule has 1 heterocycles. The summed E-state index contributed by atoms with van der Waals surface area (Å²) in [6.07, 6.45) is 8.18. The van der Waals surface area contributed by atoms with Crippen molar-refractivity contribution in [3.05, 3.63) is 23.4 Å². The lowest BCUT2D eigenvalue weighted by Crippen LogP contribution is -2.30. The summed E-state index contributed by atoms with van der Waals surface area (Å²) in [6, 6.07) is 0. The number of amides is 1. The fourth-order valence-corrected chi connectivity index (χ4v) is 1.86. The highest BCUT2D eigenvalue weighted by atomic mass is 16.2. The molecule has 0 saturated carbocycles. The molecule has 0 spiro atoms. The van der Waals surface area contributed by atoms with E-state index in [2.05, 4.69) is 12.2 Å². The smallest absolute Gasteiger partial charge is 0.227 e. The minimum absolute atomic E-state index is 0.250. The maximum atomic E-state index is 11.3. The Morgan fingerprint density at radius 3 is 3.00 bits per heavy atom. The summed E-state index contributed by atoms with van der Waals surface area (Å²) in [7, 11) is 1.87. The van der Waals surface area contributed by atoms with Gasteiger partial charge in [0.05, 0.1) is 0 Å². The number of carbonyl (C=O) groups is 1. The lowest BCUT2D eigenvalue weighted by Gasteiger charge is -2.29. The predicted molar refractivity (Wildman–Crippen MR) is 47.4 cm³/mol. The Balaban J connectivity index is 2.34. The highest BCUT2D eigenvalue weighted by Crippen LogP contribution is 2.29. The lowest BCUT2D eigenvalue weighted by atomic mass is 9.94. The van der Waals surface area contributed by atoms with Gasteiger partial charge in [-0.05, 0) is 30.9 Å². The first-order valence-corrected chi connectivity index (χ1v) is 4.44. The molecule has 0 N–H and O–H groups in total. The second-order valence-electron chi connectivity index (χ2n) is 3.38.